The van der Waals surface area contributed by atoms with Crippen LogP contribution in [0.1, 0.15) is 12.8 Å². The molecule has 1 aromatic rings. The van der Waals surface area contributed by atoms with Crippen molar-refractivity contribution in [2.24, 2.45) is 5.92 Å². The van der Waals surface area contributed by atoms with Crippen LogP contribution in [-0.4, -0.2) is 34.7 Å². The molecule has 0 unspecified atom stereocenters. The van der Waals surface area contributed by atoms with Crippen molar-refractivity contribution in [3.05, 3.63) is 28.4 Å². The summed E-state index contributed by atoms with van der Waals surface area (Å²) in [6.07, 6.45) is 2.89. The summed E-state index contributed by atoms with van der Waals surface area (Å²) in [5, 5.41) is 20.0. The molecule has 1 fully saturated rings. The standard InChI is InChI=1S/C11H15N3O3/c1-13(7-8-5-9(15)6-8)11-10(14(16)17)3-2-4-12-11/h2-4,8-9,15H,5-7H2,1H3. The number of nitrogens with zero attached hydrogens (tertiary/aromatic N) is 3. The number of nitro groups is 1. The predicted molar refractivity (Wildman–Crippen MR) is 62.9 cm³/mol. The molecule has 0 aromatic carbocycles. The van der Waals surface area contributed by atoms with Gasteiger partial charge in [-0.05, 0) is 24.8 Å². The van der Waals surface area contributed by atoms with Gasteiger partial charge in [0.2, 0.25) is 5.82 Å². The molecule has 1 heterocycles. The Morgan fingerprint density at radius 1 is 1.65 bits per heavy atom. The maximum absolute atomic E-state index is 10.8. The zero-order valence-corrected chi connectivity index (χ0v) is 9.61. The molecule has 92 valence electrons. The lowest BCUT2D eigenvalue weighted by atomic mass is 9.82. The van der Waals surface area contributed by atoms with Crippen LogP contribution in [0.5, 0.6) is 0 Å². The number of rotatable bonds is 4. The molecule has 1 aromatic heterocycles. The van der Waals surface area contributed by atoms with Gasteiger partial charge in [0.15, 0.2) is 0 Å². The van der Waals surface area contributed by atoms with Gasteiger partial charge >= 0.3 is 5.69 Å². The highest BCUT2D eigenvalue weighted by Gasteiger charge is 2.29. The van der Waals surface area contributed by atoms with Crippen molar-refractivity contribution in [2.45, 2.75) is 18.9 Å². The molecule has 0 saturated heterocycles. The van der Waals surface area contributed by atoms with Crippen molar-refractivity contribution in [1.29, 1.82) is 0 Å². The summed E-state index contributed by atoms with van der Waals surface area (Å²) in [4.78, 5) is 16.3. The molecule has 0 atom stereocenters. The molecule has 1 N–H and O–H groups in total. The van der Waals surface area contributed by atoms with Crippen molar-refractivity contribution in [3.63, 3.8) is 0 Å². The summed E-state index contributed by atoms with van der Waals surface area (Å²) in [5.41, 5.74) is 0.0230. The number of aliphatic hydroxyl groups is 1. The summed E-state index contributed by atoms with van der Waals surface area (Å²) in [5.74, 6) is 0.788. The van der Waals surface area contributed by atoms with Crippen molar-refractivity contribution in [3.8, 4) is 0 Å². The Bertz CT molecular complexity index is 418. The SMILES string of the molecule is CN(CC1CC(O)C1)c1ncccc1[N+](=O)[O-]. The second kappa shape index (κ2) is 4.67. The summed E-state index contributed by atoms with van der Waals surface area (Å²) < 4.78 is 0. The molecule has 2 rings (SSSR count). The molecular formula is C11H15N3O3. The number of hydrogen-bond acceptors (Lipinski definition) is 5. The lowest BCUT2D eigenvalue weighted by Gasteiger charge is -2.34. The second-order valence-electron chi connectivity index (χ2n) is 4.48. The van der Waals surface area contributed by atoms with Crippen LogP contribution < -0.4 is 4.90 Å². The first-order valence-electron chi connectivity index (χ1n) is 5.56. The number of hydrogen-bond donors (Lipinski definition) is 1. The monoisotopic (exact) mass is 237 g/mol. The Labute approximate surface area is 99.0 Å². The van der Waals surface area contributed by atoms with Crippen LogP contribution in [0.4, 0.5) is 11.5 Å². The smallest absolute Gasteiger partial charge is 0.311 e. The molecule has 6 nitrogen and oxygen atoms in total. The molecular weight excluding hydrogens is 222 g/mol. The first kappa shape index (κ1) is 11.8. The quantitative estimate of drug-likeness (QED) is 0.628. The highest BCUT2D eigenvalue weighted by atomic mass is 16.6. The van der Waals surface area contributed by atoms with Gasteiger partial charge in [-0.3, -0.25) is 10.1 Å². The van der Waals surface area contributed by atoms with E-state index < -0.39 is 4.92 Å². The maximum Gasteiger partial charge on any atom is 0.311 e. The van der Waals surface area contributed by atoms with Crippen LogP contribution in [-0.2, 0) is 0 Å². The van der Waals surface area contributed by atoms with Gasteiger partial charge in [0.1, 0.15) is 0 Å². The zero-order valence-electron chi connectivity index (χ0n) is 9.61. The second-order valence-corrected chi connectivity index (χ2v) is 4.48. The zero-order chi connectivity index (χ0) is 12.4. The van der Waals surface area contributed by atoms with E-state index in [1.54, 1.807) is 24.2 Å². The molecule has 0 radical (unpaired) electrons. The molecule has 6 heteroatoms. The van der Waals surface area contributed by atoms with E-state index in [-0.39, 0.29) is 11.8 Å². The van der Waals surface area contributed by atoms with Gasteiger partial charge in [0.05, 0.1) is 11.0 Å². The third-order valence-corrected chi connectivity index (χ3v) is 3.07. The number of aliphatic hydroxyl groups excluding tert-OH is 1. The normalized spacial score (nSPS) is 22.9. The van der Waals surface area contributed by atoms with E-state index in [0.29, 0.717) is 18.3 Å². The molecule has 1 aliphatic rings. The first-order chi connectivity index (χ1) is 8.08. The van der Waals surface area contributed by atoms with Crippen LogP contribution in [0.15, 0.2) is 18.3 Å². The average molecular weight is 237 g/mol. The summed E-state index contributed by atoms with van der Waals surface area (Å²) in [6.45, 7) is 0.689. The minimum atomic E-state index is -0.422. The van der Waals surface area contributed by atoms with E-state index in [4.69, 9.17) is 0 Å². The molecule has 0 aliphatic heterocycles. The number of aromatic nitrogens is 1. The van der Waals surface area contributed by atoms with Crippen LogP contribution in [0.25, 0.3) is 0 Å². The van der Waals surface area contributed by atoms with Crippen LogP contribution >= 0.6 is 0 Å². The molecule has 1 saturated carbocycles. The molecule has 0 bridgehead atoms. The fraction of sp³-hybridized carbons (Fsp3) is 0.545. The Hall–Kier alpha value is -1.69. The Morgan fingerprint density at radius 2 is 2.35 bits per heavy atom. The Balaban J connectivity index is 2.08. The van der Waals surface area contributed by atoms with Gasteiger partial charge in [-0.2, -0.15) is 0 Å². The van der Waals surface area contributed by atoms with Crippen LogP contribution in [0.3, 0.4) is 0 Å². The summed E-state index contributed by atoms with van der Waals surface area (Å²) >= 11 is 0. The lowest BCUT2D eigenvalue weighted by Crippen LogP contribution is -2.37. The molecule has 1 aliphatic carbocycles. The minimum Gasteiger partial charge on any atom is -0.393 e. The largest absolute Gasteiger partial charge is 0.393 e. The van der Waals surface area contributed by atoms with Crippen molar-refractivity contribution in [1.82, 2.24) is 4.98 Å². The molecule has 0 amide bonds. The van der Waals surface area contributed by atoms with E-state index >= 15 is 0 Å². The van der Waals surface area contributed by atoms with Gasteiger partial charge in [0.25, 0.3) is 0 Å². The van der Waals surface area contributed by atoms with Gasteiger partial charge < -0.3 is 10.0 Å². The van der Waals surface area contributed by atoms with E-state index in [1.165, 1.54) is 6.07 Å². The van der Waals surface area contributed by atoms with Crippen LogP contribution in [0.2, 0.25) is 0 Å². The van der Waals surface area contributed by atoms with E-state index in [0.717, 1.165) is 12.8 Å². The summed E-state index contributed by atoms with van der Waals surface area (Å²) in [6, 6.07) is 3.01. The fourth-order valence-corrected chi connectivity index (χ4v) is 2.15. The third-order valence-electron chi connectivity index (χ3n) is 3.07. The van der Waals surface area contributed by atoms with E-state index in [9.17, 15) is 15.2 Å². The first-order valence-corrected chi connectivity index (χ1v) is 5.56. The van der Waals surface area contributed by atoms with Gasteiger partial charge in [-0.1, -0.05) is 0 Å². The van der Waals surface area contributed by atoms with E-state index in [1.807, 2.05) is 0 Å². The van der Waals surface area contributed by atoms with E-state index in [2.05, 4.69) is 4.98 Å². The van der Waals surface area contributed by atoms with Gasteiger partial charge in [0, 0.05) is 25.9 Å². The highest BCUT2D eigenvalue weighted by Crippen LogP contribution is 2.30. The lowest BCUT2D eigenvalue weighted by molar-refractivity contribution is -0.384. The van der Waals surface area contributed by atoms with Crippen molar-refractivity contribution in [2.75, 3.05) is 18.5 Å². The molecule has 0 spiro atoms. The number of pyridine rings is 1. The number of anilines is 1. The highest BCUT2D eigenvalue weighted by molar-refractivity contribution is 5.56. The Morgan fingerprint density at radius 3 is 2.94 bits per heavy atom. The fourth-order valence-electron chi connectivity index (χ4n) is 2.15. The minimum absolute atomic E-state index is 0.0230. The average Bonchev–Trinajstić information content (AvgIpc) is 2.27. The summed E-state index contributed by atoms with van der Waals surface area (Å²) in [7, 11) is 1.79. The van der Waals surface area contributed by atoms with Crippen LogP contribution in [0, 0.1) is 16.0 Å². The maximum atomic E-state index is 10.8. The molecule has 17 heavy (non-hydrogen) atoms. The topological polar surface area (TPSA) is 79.5 Å². The Kier molecular flexibility index (Phi) is 3.23. The van der Waals surface area contributed by atoms with Gasteiger partial charge in [-0.25, -0.2) is 4.98 Å². The van der Waals surface area contributed by atoms with Gasteiger partial charge in [-0.15, -0.1) is 0 Å². The van der Waals surface area contributed by atoms with Crippen molar-refractivity contribution >= 4 is 11.5 Å². The van der Waals surface area contributed by atoms with Crippen molar-refractivity contribution < 1.29 is 10.0 Å². The third kappa shape index (κ3) is 2.52. The predicted octanol–water partition coefficient (Wildman–Crippen LogP) is 1.20.